The van der Waals surface area contributed by atoms with Crippen LogP contribution in [-0.4, -0.2) is 15.0 Å². The highest BCUT2D eigenvalue weighted by Gasteiger charge is 2.20. The molecule has 6 heteroatoms. The van der Waals surface area contributed by atoms with Crippen LogP contribution in [0.3, 0.4) is 0 Å². The fourth-order valence-electron chi connectivity index (χ4n) is 1.53. The molecular formula is C13H15ClIN3S. The standard InChI is InChI=1S/C13H15ClIN3S/c1-5-7-9(15)10(14)18-11(16-7)8-6-19-12(17-8)13(2,3)4/h6H,5H2,1-4H3. The van der Waals surface area contributed by atoms with E-state index >= 15 is 0 Å². The van der Waals surface area contributed by atoms with E-state index in [4.69, 9.17) is 11.6 Å². The highest BCUT2D eigenvalue weighted by Crippen LogP contribution is 2.30. The van der Waals surface area contributed by atoms with Crippen LogP contribution in [0.15, 0.2) is 5.38 Å². The Balaban J connectivity index is 2.48. The quantitative estimate of drug-likeness (QED) is 0.534. The molecule has 0 aliphatic rings. The van der Waals surface area contributed by atoms with Crippen LogP contribution in [-0.2, 0) is 11.8 Å². The third-order valence-corrected chi connectivity index (χ3v) is 5.58. The molecule has 2 aromatic rings. The first-order chi connectivity index (χ1) is 8.82. The molecule has 0 atom stereocenters. The molecule has 3 nitrogen and oxygen atoms in total. The van der Waals surface area contributed by atoms with Gasteiger partial charge in [0, 0.05) is 10.8 Å². The lowest BCUT2D eigenvalue weighted by Crippen LogP contribution is -2.10. The minimum Gasteiger partial charge on any atom is -0.237 e. The molecule has 2 aromatic heterocycles. The van der Waals surface area contributed by atoms with Crippen molar-refractivity contribution in [1.29, 1.82) is 0 Å². The second-order valence-corrected chi connectivity index (χ2v) is 7.54. The summed E-state index contributed by atoms with van der Waals surface area (Å²) in [7, 11) is 0. The van der Waals surface area contributed by atoms with Gasteiger partial charge in [-0.1, -0.05) is 39.3 Å². The van der Waals surface area contributed by atoms with E-state index in [0.717, 1.165) is 26.4 Å². The predicted octanol–water partition coefficient (Wildman–Crippen LogP) is 4.72. The van der Waals surface area contributed by atoms with Crippen molar-refractivity contribution in [3.63, 3.8) is 0 Å². The first kappa shape index (κ1) is 15.1. The van der Waals surface area contributed by atoms with Crippen molar-refractivity contribution >= 4 is 45.5 Å². The molecule has 0 N–H and O–H groups in total. The second kappa shape index (κ2) is 5.61. The number of halogens is 2. The van der Waals surface area contributed by atoms with Crippen LogP contribution in [0.4, 0.5) is 0 Å². The van der Waals surface area contributed by atoms with E-state index in [9.17, 15) is 0 Å². The molecule has 102 valence electrons. The van der Waals surface area contributed by atoms with E-state index in [2.05, 4.69) is 65.2 Å². The maximum Gasteiger partial charge on any atom is 0.180 e. The molecule has 19 heavy (non-hydrogen) atoms. The molecule has 0 saturated carbocycles. The zero-order valence-electron chi connectivity index (χ0n) is 11.3. The lowest BCUT2D eigenvalue weighted by Gasteiger charge is -2.13. The summed E-state index contributed by atoms with van der Waals surface area (Å²) in [5.41, 5.74) is 1.83. The molecule has 0 amide bonds. The average molecular weight is 408 g/mol. The Morgan fingerprint density at radius 2 is 1.95 bits per heavy atom. The van der Waals surface area contributed by atoms with Gasteiger partial charge in [-0.3, -0.25) is 0 Å². The minimum atomic E-state index is 0.0451. The highest BCUT2D eigenvalue weighted by atomic mass is 127. The summed E-state index contributed by atoms with van der Waals surface area (Å²) in [6, 6.07) is 0. The van der Waals surface area contributed by atoms with Crippen molar-refractivity contribution in [3.05, 3.63) is 24.8 Å². The lowest BCUT2D eigenvalue weighted by atomic mass is 9.98. The molecule has 0 unspecified atom stereocenters. The van der Waals surface area contributed by atoms with E-state index < -0.39 is 0 Å². The van der Waals surface area contributed by atoms with Crippen molar-refractivity contribution in [2.45, 2.75) is 39.5 Å². The summed E-state index contributed by atoms with van der Waals surface area (Å²) in [5.74, 6) is 0.619. The Morgan fingerprint density at radius 1 is 1.26 bits per heavy atom. The highest BCUT2D eigenvalue weighted by molar-refractivity contribution is 14.1. The molecule has 0 aromatic carbocycles. The van der Waals surface area contributed by atoms with Crippen molar-refractivity contribution < 1.29 is 0 Å². The zero-order valence-corrected chi connectivity index (χ0v) is 15.0. The van der Waals surface area contributed by atoms with Gasteiger partial charge in [0.15, 0.2) is 5.82 Å². The Hall–Kier alpha value is -0.270. The zero-order chi connectivity index (χ0) is 14.2. The molecule has 2 rings (SSSR count). The molecule has 0 bridgehead atoms. The summed E-state index contributed by atoms with van der Waals surface area (Å²) in [6.45, 7) is 8.50. The van der Waals surface area contributed by atoms with Crippen LogP contribution in [0.5, 0.6) is 0 Å². The van der Waals surface area contributed by atoms with Gasteiger partial charge >= 0.3 is 0 Å². The average Bonchev–Trinajstić information content (AvgIpc) is 2.81. The van der Waals surface area contributed by atoms with Gasteiger partial charge in [-0.15, -0.1) is 11.3 Å². The predicted molar refractivity (Wildman–Crippen MR) is 88.9 cm³/mol. The Labute approximate surface area is 136 Å². The maximum atomic E-state index is 6.16. The number of aromatic nitrogens is 3. The lowest BCUT2D eigenvalue weighted by molar-refractivity contribution is 0.586. The van der Waals surface area contributed by atoms with E-state index in [1.807, 2.05) is 5.38 Å². The summed E-state index contributed by atoms with van der Waals surface area (Å²) in [6.07, 6.45) is 0.837. The van der Waals surface area contributed by atoms with Gasteiger partial charge in [0.2, 0.25) is 0 Å². The fraction of sp³-hybridized carbons (Fsp3) is 0.462. The van der Waals surface area contributed by atoms with Crippen LogP contribution in [0.2, 0.25) is 5.15 Å². The van der Waals surface area contributed by atoms with Gasteiger partial charge in [0.1, 0.15) is 10.8 Å². The van der Waals surface area contributed by atoms with Gasteiger partial charge in [-0.2, -0.15) is 0 Å². The normalized spacial score (nSPS) is 11.9. The molecule has 0 aliphatic carbocycles. The van der Waals surface area contributed by atoms with Crippen molar-refractivity contribution in [2.24, 2.45) is 0 Å². The molecule has 0 radical (unpaired) electrons. The Morgan fingerprint density at radius 3 is 2.47 bits per heavy atom. The number of hydrogen-bond donors (Lipinski definition) is 0. The number of nitrogens with zero attached hydrogens (tertiary/aromatic N) is 3. The molecule has 2 heterocycles. The number of thiazole rings is 1. The third-order valence-electron chi connectivity index (χ3n) is 2.59. The first-order valence-corrected chi connectivity index (χ1v) is 8.35. The molecular weight excluding hydrogens is 393 g/mol. The smallest absolute Gasteiger partial charge is 0.180 e. The van der Waals surface area contributed by atoms with Gasteiger partial charge in [0.25, 0.3) is 0 Å². The summed E-state index contributed by atoms with van der Waals surface area (Å²) >= 11 is 9.98. The van der Waals surface area contributed by atoms with Crippen LogP contribution in [0.25, 0.3) is 11.5 Å². The first-order valence-electron chi connectivity index (χ1n) is 6.01. The van der Waals surface area contributed by atoms with Gasteiger partial charge in [-0.25, -0.2) is 15.0 Å². The molecule has 0 fully saturated rings. The number of rotatable bonds is 2. The Bertz CT molecular complexity index is 604. The monoisotopic (exact) mass is 407 g/mol. The summed E-state index contributed by atoms with van der Waals surface area (Å²) < 4.78 is 0.928. The number of hydrogen-bond acceptors (Lipinski definition) is 4. The third kappa shape index (κ3) is 3.25. The molecule has 0 spiro atoms. The van der Waals surface area contributed by atoms with E-state index in [0.29, 0.717) is 11.0 Å². The van der Waals surface area contributed by atoms with Gasteiger partial charge < -0.3 is 0 Å². The van der Waals surface area contributed by atoms with Crippen LogP contribution in [0, 0.1) is 3.57 Å². The van der Waals surface area contributed by atoms with Crippen molar-refractivity contribution in [1.82, 2.24) is 15.0 Å². The van der Waals surface area contributed by atoms with Crippen LogP contribution < -0.4 is 0 Å². The largest absolute Gasteiger partial charge is 0.237 e. The maximum absolute atomic E-state index is 6.16. The van der Waals surface area contributed by atoms with Crippen LogP contribution in [0.1, 0.15) is 38.4 Å². The Kier molecular flexibility index (Phi) is 4.47. The van der Waals surface area contributed by atoms with E-state index in [1.54, 1.807) is 11.3 Å². The van der Waals surface area contributed by atoms with Crippen LogP contribution >= 0.6 is 45.5 Å². The van der Waals surface area contributed by atoms with Gasteiger partial charge in [-0.05, 0) is 29.0 Å². The summed E-state index contributed by atoms with van der Waals surface area (Å²) in [4.78, 5) is 13.5. The van der Waals surface area contributed by atoms with E-state index in [-0.39, 0.29) is 5.41 Å². The molecule has 0 aliphatic heterocycles. The van der Waals surface area contributed by atoms with Crippen molar-refractivity contribution in [3.8, 4) is 11.5 Å². The molecule has 0 saturated heterocycles. The fourth-order valence-corrected chi connectivity index (χ4v) is 3.23. The van der Waals surface area contributed by atoms with Crippen molar-refractivity contribution in [2.75, 3.05) is 0 Å². The van der Waals surface area contributed by atoms with Gasteiger partial charge in [0.05, 0.1) is 14.3 Å². The minimum absolute atomic E-state index is 0.0451. The summed E-state index contributed by atoms with van der Waals surface area (Å²) in [5, 5.41) is 3.59. The second-order valence-electron chi connectivity index (χ2n) is 5.24. The SMILES string of the molecule is CCc1nc(-c2csc(C(C)(C)C)n2)nc(Cl)c1I. The van der Waals surface area contributed by atoms with E-state index in [1.165, 1.54) is 0 Å². The number of aryl methyl sites for hydroxylation is 1. The topological polar surface area (TPSA) is 38.7 Å².